The van der Waals surface area contributed by atoms with Crippen molar-refractivity contribution in [1.82, 2.24) is 4.72 Å². The van der Waals surface area contributed by atoms with Gasteiger partial charge in [0.2, 0.25) is 10.0 Å². The average molecular weight is 241 g/mol. The summed E-state index contributed by atoms with van der Waals surface area (Å²) in [6.07, 6.45) is 0. The van der Waals surface area contributed by atoms with Crippen LogP contribution in [0.5, 0.6) is 5.75 Å². The van der Waals surface area contributed by atoms with Gasteiger partial charge in [-0.3, -0.25) is 0 Å². The SMILES string of the molecule is CNS(=O)(=O)c1ccc2c(c1)C(C)(C)CO2. The highest BCUT2D eigenvalue weighted by atomic mass is 32.2. The van der Waals surface area contributed by atoms with Crippen molar-refractivity contribution in [1.29, 1.82) is 0 Å². The molecule has 1 aromatic carbocycles. The molecule has 0 atom stereocenters. The summed E-state index contributed by atoms with van der Waals surface area (Å²) in [6.45, 7) is 4.66. The smallest absolute Gasteiger partial charge is 0.240 e. The maximum absolute atomic E-state index is 11.7. The lowest BCUT2D eigenvalue weighted by atomic mass is 9.87. The van der Waals surface area contributed by atoms with Crippen LogP contribution in [0.25, 0.3) is 0 Å². The van der Waals surface area contributed by atoms with Gasteiger partial charge >= 0.3 is 0 Å². The summed E-state index contributed by atoms with van der Waals surface area (Å²) in [5.74, 6) is 0.778. The molecule has 0 amide bonds. The third-order valence-electron chi connectivity index (χ3n) is 2.85. The summed E-state index contributed by atoms with van der Waals surface area (Å²) < 4.78 is 31.1. The Hall–Kier alpha value is -1.07. The number of fused-ring (bicyclic) bond motifs is 1. The van der Waals surface area contributed by atoms with Gasteiger partial charge in [-0.2, -0.15) is 0 Å². The van der Waals surface area contributed by atoms with Crippen molar-refractivity contribution in [2.75, 3.05) is 13.7 Å². The van der Waals surface area contributed by atoms with Crippen LogP contribution in [-0.4, -0.2) is 22.1 Å². The molecule has 0 saturated heterocycles. The third kappa shape index (κ3) is 1.70. The number of sulfonamides is 1. The fourth-order valence-corrected chi connectivity index (χ4v) is 2.54. The van der Waals surface area contributed by atoms with E-state index < -0.39 is 10.0 Å². The molecule has 0 unspecified atom stereocenters. The number of benzene rings is 1. The van der Waals surface area contributed by atoms with Crippen LogP contribution in [0.2, 0.25) is 0 Å². The van der Waals surface area contributed by atoms with Crippen molar-refractivity contribution in [3.8, 4) is 5.75 Å². The summed E-state index contributed by atoms with van der Waals surface area (Å²) in [7, 11) is -1.97. The summed E-state index contributed by atoms with van der Waals surface area (Å²) in [6, 6.07) is 4.97. The van der Waals surface area contributed by atoms with E-state index in [1.54, 1.807) is 18.2 Å². The molecule has 16 heavy (non-hydrogen) atoms. The molecule has 0 aromatic heterocycles. The highest BCUT2D eigenvalue weighted by molar-refractivity contribution is 7.89. The van der Waals surface area contributed by atoms with Crippen LogP contribution in [0.4, 0.5) is 0 Å². The molecular weight excluding hydrogens is 226 g/mol. The van der Waals surface area contributed by atoms with Crippen LogP contribution < -0.4 is 9.46 Å². The first-order valence-corrected chi connectivity index (χ1v) is 6.56. The lowest BCUT2D eigenvalue weighted by Crippen LogP contribution is -2.21. The molecular formula is C11H15NO3S. The Morgan fingerprint density at radius 1 is 1.38 bits per heavy atom. The van der Waals surface area contributed by atoms with Gasteiger partial charge in [0.25, 0.3) is 0 Å². The predicted octanol–water partition coefficient (Wildman–Crippen LogP) is 1.26. The summed E-state index contributed by atoms with van der Waals surface area (Å²) in [4.78, 5) is 0.285. The van der Waals surface area contributed by atoms with Gasteiger partial charge in [0.15, 0.2) is 0 Å². The quantitative estimate of drug-likeness (QED) is 0.848. The molecule has 5 heteroatoms. The van der Waals surface area contributed by atoms with Crippen molar-refractivity contribution in [2.45, 2.75) is 24.2 Å². The van der Waals surface area contributed by atoms with E-state index >= 15 is 0 Å². The van der Waals surface area contributed by atoms with Crippen LogP contribution in [0.3, 0.4) is 0 Å². The topological polar surface area (TPSA) is 55.4 Å². The van der Waals surface area contributed by atoms with E-state index in [0.29, 0.717) is 6.61 Å². The van der Waals surface area contributed by atoms with Crippen molar-refractivity contribution in [3.63, 3.8) is 0 Å². The molecule has 0 radical (unpaired) electrons. The second kappa shape index (κ2) is 3.46. The van der Waals surface area contributed by atoms with Crippen molar-refractivity contribution in [3.05, 3.63) is 23.8 Å². The minimum absolute atomic E-state index is 0.130. The van der Waals surface area contributed by atoms with Crippen LogP contribution in [0.1, 0.15) is 19.4 Å². The zero-order chi connectivity index (χ0) is 12.0. The summed E-state index contributed by atoms with van der Waals surface area (Å²) in [5.41, 5.74) is 0.818. The van der Waals surface area contributed by atoms with E-state index in [1.165, 1.54) is 7.05 Å². The van der Waals surface area contributed by atoms with Crippen LogP contribution in [-0.2, 0) is 15.4 Å². The summed E-state index contributed by atoms with van der Waals surface area (Å²) >= 11 is 0. The number of ether oxygens (including phenoxy) is 1. The van der Waals surface area contributed by atoms with Gasteiger partial charge in [0, 0.05) is 11.0 Å². The van der Waals surface area contributed by atoms with Gasteiger partial charge in [0.1, 0.15) is 5.75 Å². The Bertz CT molecular complexity index is 520. The lowest BCUT2D eigenvalue weighted by molar-refractivity contribution is 0.291. The molecule has 4 nitrogen and oxygen atoms in total. The summed E-state index contributed by atoms with van der Waals surface area (Å²) in [5, 5.41) is 0. The third-order valence-corrected chi connectivity index (χ3v) is 4.26. The van der Waals surface area contributed by atoms with Crippen molar-refractivity contribution < 1.29 is 13.2 Å². The van der Waals surface area contributed by atoms with Gasteiger partial charge in [-0.05, 0) is 25.2 Å². The van der Waals surface area contributed by atoms with E-state index in [9.17, 15) is 8.42 Å². The highest BCUT2D eigenvalue weighted by Crippen LogP contribution is 2.39. The van der Waals surface area contributed by atoms with Gasteiger partial charge in [0.05, 0.1) is 11.5 Å². The Kier molecular flexibility index (Phi) is 2.47. The molecule has 88 valence electrons. The molecule has 1 N–H and O–H groups in total. The van der Waals surface area contributed by atoms with Gasteiger partial charge in [-0.15, -0.1) is 0 Å². The molecule has 1 aliphatic heterocycles. The van der Waals surface area contributed by atoms with Gasteiger partial charge < -0.3 is 4.74 Å². The second-order valence-corrected chi connectivity index (χ2v) is 6.42. The van der Waals surface area contributed by atoms with Crippen molar-refractivity contribution >= 4 is 10.0 Å². The fraction of sp³-hybridized carbons (Fsp3) is 0.455. The minimum Gasteiger partial charge on any atom is -0.492 e. The van der Waals surface area contributed by atoms with E-state index in [2.05, 4.69) is 4.72 Å². The largest absolute Gasteiger partial charge is 0.492 e. The lowest BCUT2D eigenvalue weighted by Gasteiger charge is -2.15. The minimum atomic E-state index is -3.38. The van der Waals surface area contributed by atoms with E-state index in [1.807, 2.05) is 13.8 Å². The maximum Gasteiger partial charge on any atom is 0.240 e. The number of nitrogens with one attached hydrogen (secondary N) is 1. The monoisotopic (exact) mass is 241 g/mol. The second-order valence-electron chi connectivity index (χ2n) is 4.54. The Labute approximate surface area is 95.7 Å². The van der Waals surface area contributed by atoms with Crippen LogP contribution in [0, 0.1) is 0 Å². The predicted molar refractivity (Wildman–Crippen MR) is 61.2 cm³/mol. The van der Waals surface area contributed by atoms with E-state index in [-0.39, 0.29) is 10.3 Å². The molecule has 2 rings (SSSR count). The normalized spacial score (nSPS) is 17.9. The first kappa shape index (κ1) is 11.4. The standard InChI is InChI=1S/C11H15NO3S/c1-11(2)7-15-10-5-4-8(6-9(10)11)16(13,14)12-3/h4-6,12H,7H2,1-3H3. The number of rotatable bonds is 2. The van der Waals surface area contributed by atoms with Gasteiger partial charge in [-0.1, -0.05) is 13.8 Å². The van der Waals surface area contributed by atoms with E-state index in [0.717, 1.165) is 11.3 Å². The molecule has 0 bridgehead atoms. The zero-order valence-corrected chi connectivity index (χ0v) is 10.4. The molecule has 0 spiro atoms. The average Bonchev–Trinajstić information content (AvgIpc) is 2.55. The Morgan fingerprint density at radius 3 is 2.69 bits per heavy atom. The molecule has 0 aliphatic carbocycles. The Morgan fingerprint density at radius 2 is 2.06 bits per heavy atom. The van der Waals surface area contributed by atoms with Crippen molar-refractivity contribution in [2.24, 2.45) is 0 Å². The number of hydrogen-bond donors (Lipinski definition) is 1. The first-order chi connectivity index (χ1) is 7.37. The first-order valence-electron chi connectivity index (χ1n) is 5.08. The molecule has 0 saturated carbocycles. The zero-order valence-electron chi connectivity index (χ0n) is 9.57. The Balaban J connectivity index is 2.56. The molecule has 1 heterocycles. The van der Waals surface area contributed by atoms with Crippen LogP contribution >= 0.6 is 0 Å². The molecule has 1 aromatic rings. The van der Waals surface area contributed by atoms with Crippen LogP contribution in [0.15, 0.2) is 23.1 Å². The maximum atomic E-state index is 11.7. The van der Waals surface area contributed by atoms with E-state index in [4.69, 9.17) is 4.74 Å². The fourth-order valence-electron chi connectivity index (χ4n) is 1.78. The molecule has 1 aliphatic rings. The molecule has 0 fully saturated rings. The highest BCUT2D eigenvalue weighted by Gasteiger charge is 2.32. The number of hydrogen-bond acceptors (Lipinski definition) is 3. The van der Waals surface area contributed by atoms with Gasteiger partial charge in [-0.25, -0.2) is 13.1 Å².